The van der Waals surface area contributed by atoms with E-state index in [1.54, 1.807) is 0 Å². The Kier molecular flexibility index (Phi) is 6.19. The minimum Gasteiger partial charge on any atom is -0.494 e. The highest BCUT2D eigenvalue weighted by molar-refractivity contribution is 5.75. The third-order valence-electron chi connectivity index (χ3n) is 5.25. The first kappa shape index (κ1) is 18.1. The number of benzene rings is 1. The Morgan fingerprint density at radius 2 is 2.00 bits per heavy atom. The molecule has 1 aliphatic carbocycles. The van der Waals surface area contributed by atoms with Crippen LogP contribution in [0.1, 0.15) is 44.6 Å². The molecule has 1 N–H and O–H groups in total. The second-order valence-electron chi connectivity index (χ2n) is 7.25. The Labute approximate surface area is 151 Å². The molecule has 1 aromatic carbocycles. The first-order valence-electron chi connectivity index (χ1n) is 9.64. The first-order valence-corrected chi connectivity index (χ1v) is 9.64. The molecule has 0 radical (unpaired) electrons. The summed E-state index contributed by atoms with van der Waals surface area (Å²) in [6, 6.07) is 9.04. The Bertz CT molecular complexity index is 557. The van der Waals surface area contributed by atoms with E-state index < -0.39 is 0 Å². The third-order valence-corrected chi connectivity index (χ3v) is 5.25. The van der Waals surface area contributed by atoms with Crippen LogP contribution in [0.25, 0.3) is 0 Å². The lowest BCUT2D eigenvalue weighted by Crippen LogP contribution is -2.48. The molecular weight excluding hydrogens is 314 g/mol. The van der Waals surface area contributed by atoms with Gasteiger partial charge in [-0.15, -0.1) is 0 Å². The number of urea groups is 1. The summed E-state index contributed by atoms with van der Waals surface area (Å²) in [5.74, 6) is 0.883. The van der Waals surface area contributed by atoms with Gasteiger partial charge in [0.15, 0.2) is 0 Å². The van der Waals surface area contributed by atoms with Gasteiger partial charge in [0.1, 0.15) is 5.75 Å². The maximum Gasteiger partial charge on any atom is 0.318 e. The molecule has 0 aromatic heterocycles. The van der Waals surface area contributed by atoms with Gasteiger partial charge in [-0.05, 0) is 63.9 Å². The molecule has 2 fully saturated rings. The quantitative estimate of drug-likeness (QED) is 0.825. The predicted molar refractivity (Wildman–Crippen MR) is 99.8 cm³/mol. The van der Waals surface area contributed by atoms with Gasteiger partial charge in [0.05, 0.1) is 6.61 Å². The summed E-state index contributed by atoms with van der Waals surface area (Å²) in [6.07, 6.45) is 5.96. The Hall–Kier alpha value is -1.75. The highest BCUT2D eigenvalue weighted by atomic mass is 16.5. The smallest absolute Gasteiger partial charge is 0.318 e. The average Bonchev–Trinajstić information content (AvgIpc) is 3.45. The Morgan fingerprint density at radius 1 is 1.24 bits per heavy atom. The summed E-state index contributed by atoms with van der Waals surface area (Å²) in [5, 5.41) is 3.18. The fourth-order valence-corrected chi connectivity index (χ4v) is 3.52. The van der Waals surface area contributed by atoms with Gasteiger partial charge in [-0.3, -0.25) is 0 Å². The summed E-state index contributed by atoms with van der Waals surface area (Å²) < 4.78 is 5.49. The zero-order chi connectivity index (χ0) is 17.6. The van der Waals surface area contributed by atoms with Crippen molar-refractivity contribution in [3.05, 3.63) is 29.8 Å². The summed E-state index contributed by atoms with van der Waals surface area (Å²) in [7, 11) is 2.16. The van der Waals surface area contributed by atoms with Crippen LogP contribution in [-0.2, 0) is 6.54 Å². The average molecular weight is 345 g/mol. The molecule has 5 heteroatoms. The van der Waals surface area contributed by atoms with Crippen LogP contribution < -0.4 is 10.1 Å². The van der Waals surface area contributed by atoms with E-state index in [-0.39, 0.29) is 6.03 Å². The van der Waals surface area contributed by atoms with Crippen molar-refractivity contribution in [3.8, 4) is 5.75 Å². The minimum atomic E-state index is 0.0790. The number of likely N-dealkylation sites (tertiary alicyclic amines) is 1. The van der Waals surface area contributed by atoms with Gasteiger partial charge >= 0.3 is 6.03 Å². The largest absolute Gasteiger partial charge is 0.494 e. The van der Waals surface area contributed by atoms with E-state index in [1.165, 1.54) is 19.3 Å². The van der Waals surface area contributed by atoms with Gasteiger partial charge in [-0.1, -0.05) is 18.6 Å². The molecule has 1 saturated carbocycles. The van der Waals surface area contributed by atoms with Crippen LogP contribution in [-0.4, -0.2) is 54.7 Å². The number of hydrogen-bond acceptors (Lipinski definition) is 3. The van der Waals surface area contributed by atoms with Crippen molar-refractivity contribution in [2.45, 2.75) is 57.7 Å². The molecule has 138 valence electrons. The van der Waals surface area contributed by atoms with Gasteiger partial charge in [0.25, 0.3) is 0 Å². The number of carbonyl (C=O) groups excluding carboxylic acids is 1. The highest BCUT2D eigenvalue weighted by Crippen LogP contribution is 2.29. The van der Waals surface area contributed by atoms with Crippen molar-refractivity contribution >= 4 is 6.03 Å². The van der Waals surface area contributed by atoms with Gasteiger partial charge < -0.3 is 19.9 Å². The lowest BCUT2D eigenvalue weighted by atomic mass is 10.0. The van der Waals surface area contributed by atoms with E-state index in [1.807, 2.05) is 24.0 Å². The maximum atomic E-state index is 12.7. The number of hydrogen-bond donors (Lipinski definition) is 1. The van der Waals surface area contributed by atoms with Crippen molar-refractivity contribution in [1.82, 2.24) is 15.1 Å². The highest BCUT2D eigenvalue weighted by Gasteiger charge is 2.33. The van der Waals surface area contributed by atoms with Crippen molar-refractivity contribution in [3.63, 3.8) is 0 Å². The topological polar surface area (TPSA) is 44.8 Å². The number of rotatable bonds is 7. The second-order valence-corrected chi connectivity index (χ2v) is 7.25. The van der Waals surface area contributed by atoms with Crippen molar-refractivity contribution in [2.24, 2.45) is 0 Å². The standard InChI is InChI=1S/C20H31N3O2/c1-3-25-19-11-7-16(8-12-19)15-23(17-9-10-17)20(24)21-14-18-6-4-5-13-22(18)2/h7-8,11-12,17-18H,3-6,9-10,13-15H2,1-2H3,(H,21,24)/t18-/m0/s1. The molecule has 5 nitrogen and oxygen atoms in total. The number of amides is 2. The van der Waals surface area contributed by atoms with Crippen molar-refractivity contribution < 1.29 is 9.53 Å². The lowest BCUT2D eigenvalue weighted by molar-refractivity contribution is 0.166. The van der Waals surface area contributed by atoms with Gasteiger partial charge in [0.2, 0.25) is 0 Å². The Morgan fingerprint density at radius 3 is 2.64 bits per heavy atom. The molecule has 1 aromatic rings. The molecule has 1 atom stereocenters. The molecule has 0 spiro atoms. The molecule has 1 saturated heterocycles. The third kappa shape index (κ3) is 5.11. The van der Waals surface area contributed by atoms with E-state index in [4.69, 9.17) is 4.74 Å². The molecule has 1 heterocycles. The van der Waals surface area contributed by atoms with Crippen LogP contribution >= 0.6 is 0 Å². The van der Waals surface area contributed by atoms with Crippen molar-refractivity contribution in [1.29, 1.82) is 0 Å². The fourth-order valence-electron chi connectivity index (χ4n) is 3.52. The Balaban J connectivity index is 1.54. The number of ether oxygens (including phenoxy) is 1. The monoisotopic (exact) mass is 345 g/mol. The lowest BCUT2D eigenvalue weighted by Gasteiger charge is -2.33. The molecule has 2 amide bonds. The summed E-state index contributed by atoms with van der Waals surface area (Å²) in [5.41, 5.74) is 1.15. The zero-order valence-corrected chi connectivity index (χ0v) is 15.5. The van der Waals surface area contributed by atoms with Gasteiger partial charge in [0, 0.05) is 25.2 Å². The normalized spacial score (nSPS) is 21.0. The number of nitrogens with zero attached hydrogens (tertiary/aromatic N) is 2. The number of piperidine rings is 1. The van der Waals surface area contributed by atoms with Crippen LogP contribution in [0.15, 0.2) is 24.3 Å². The number of carbonyl (C=O) groups is 1. The van der Waals surface area contributed by atoms with Crippen LogP contribution in [0.5, 0.6) is 5.75 Å². The van der Waals surface area contributed by atoms with E-state index in [2.05, 4.69) is 29.4 Å². The van der Waals surface area contributed by atoms with Gasteiger partial charge in [-0.2, -0.15) is 0 Å². The fraction of sp³-hybridized carbons (Fsp3) is 0.650. The SMILES string of the molecule is CCOc1ccc(CN(C(=O)NC[C@@H]2CCCCN2C)C2CC2)cc1. The van der Waals surface area contributed by atoms with Crippen LogP contribution in [0.2, 0.25) is 0 Å². The zero-order valence-electron chi connectivity index (χ0n) is 15.5. The van der Waals surface area contributed by atoms with E-state index >= 15 is 0 Å². The molecule has 2 aliphatic rings. The molecule has 0 bridgehead atoms. The predicted octanol–water partition coefficient (Wildman–Crippen LogP) is 3.24. The maximum absolute atomic E-state index is 12.7. The van der Waals surface area contributed by atoms with Crippen LogP contribution in [0.4, 0.5) is 4.79 Å². The number of likely N-dealkylation sites (N-methyl/N-ethyl adjacent to an activating group) is 1. The summed E-state index contributed by atoms with van der Waals surface area (Å²) in [4.78, 5) is 17.1. The summed E-state index contributed by atoms with van der Waals surface area (Å²) >= 11 is 0. The molecule has 0 unspecified atom stereocenters. The van der Waals surface area contributed by atoms with Gasteiger partial charge in [-0.25, -0.2) is 4.79 Å². The summed E-state index contributed by atoms with van der Waals surface area (Å²) in [6.45, 7) is 5.21. The molecule has 1 aliphatic heterocycles. The van der Waals surface area contributed by atoms with E-state index in [0.29, 0.717) is 25.2 Å². The second kappa shape index (κ2) is 8.56. The van der Waals surface area contributed by atoms with Crippen LogP contribution in [0.3, 0.4) is 0 Å². The molecule has 3 rings (SSSR count). The minimum absolute atomic E-state index is 0.0790. The van der Waals surface area contributed by atoms with E-state index in [0.717, 1.165) is 37.2 Å². The molecule has 25 heavy (non-hydrogen) atoms. The van der Waals surface area contributed by atoms with E-state index in [9.17, 15) is 4.79 Å². The molecular formula is C20H31N3O2. The van der Waals surface area contributed by atoms with Crippen molar-refractivity contribution in [2.75, 3.05) is 26.7 Å². The number of nitrogens with one attached hydrogen (secondary N) is 1. The van der Waals surface area contributed by atoms with Crippen LogP contribution in [0, 0.1) is 0 Å². The first-order chi connectivity index (χ1) is 12.2.